The monoisotopic (exact) mass is 1110 g/mol. The molecule has 0 heterocycles. The predicted octanol–water partition coefficient (Wildman–Crippen LogP) is 18.1. The summed E-state index contributed by atoms with van der Waals surface area (Å²) in [6.07, 6.45) is 83.7. The Kier molecular flexibility index (Phi) is 57.1. The van der Waals surface area contributed by atoms with E-state index in [2.05, 4.69) is 148 Å². The van der Waals surface area contributed by atoms with Gasteiger partial charge in [0.15, 0.2) is 12.4 Å². The number of hydrogen-bond acceptors (Lipinski definition) is 8. The molecule has 9 heteroatoms. The van der Waals surface area contributed by atoms with Gasteiger partial charge in [-0.25, -0.2) is 0 Å². The predicted molar refractivity (Wildman–Crippen MR) is 338 cm³/mol. The minimum atomic E-state index is -1.63. The molecule has 0 aliphatic carbocycles. The number of ether oxygens (including phenoxy) is 4. The first-order valence-electron chi connectivity index (χ1n) is 31.8. The van der Waals surface area contributed by atoms with Crippen LogP contribution in [0, 0.1) is 0 Å². The summed E-state index contributed by atoms with van der Waals surface area (Å²) in [4.78, 5) is 37.3. The van der Waals surface area contributed by atoms with Gasteiger partial charge in [-0.05, 0) is 116 Å². The van der Waals surface area contributed by atoms with E-state index in [0.717, 1.165) is 128 Å². The third-order valence-corrected chi connectivity index (χ3v) is 13.1. The van der Waals surface area contributed by atoms with Crippen LogP contribution in [-0.4, -0.2) is 82.3 Å². The van der Waals surface area contributed by atoms with Crippen LogP contribution in [0.2, 0.25) is 0 Å². The fourth-order valence-corrected chi connectivity index (χ4v) is 8.26. The standard InChI is InChI=1S/C71H117NO8/c1-6-8-10-12-14-16-18-20-22-24-25-26-27-28-29-30-31-32-33-34-35-36-37-38-39-40-41-42-43-44-45-46-48-50-52-54-56-58-60-62-69(74)80-67(66-79-71(70(75)76)77-64-63-72(3,4)5)65-78-68(73)61-59-57-55-53-51-49-47-23-21-19-17-15-13-11-9-7-2/h8,10,14,16,20,22-23,25-26,28-29,31-32,34-35,37-38,40-41,43-44,47,67,71H,6-7,9,11-13,15,17-19,21,24,27,30,33,36,39,42,45-46,48-66H2,1-5H3/b10-8-,16-14-,22-20-,26-25-,29-28-,32-31-,35-34-,38-37-,41-40-,44-43-,47-23-. The van der Waals surface area contributed by atoms with Crippen LogP contribution in [0.25, 0.3) is 0 Å². The molecular weight excluding hydrogens is 995 g/mol. The first-order chi connectivity index (χ1) is 39.1. The number of carbonyl (C=O) groups is 3. The number of unbranched alkanes of at least 4 members (excludes halogenated alkanes) is 20. The van der Waals surface area contributed by atoms with Crippen LogP contribution in [0.15, 0.2) is 134 Å². The Morgan fingerprint density at radius 1 is 0.388 bits per heavy atom. The van der Waals surface area contributed by atoms with Crippen molar-refractivity contribution in [2.45, 2.75) is 251 Å². The van der Waals surface area contributed by atoms with Gasteiger partial charge in [-0.3, -0.25) is 9.59 Å². The van der Waals surface area contributed by atoms with E-state index in [1.807, 2.05) is 21.1 Å². The lowest BCUT2D eigenvalue weighted by molar-refractivity contribution is -0.870. The molecule has 0 spiro atoms. The second-order valence-corrected chi connectivity index (χ2v) is 22.0. The minimum absolute atomic E-state index is 0.139. The Morgan fingerprint density at radius 3 is 1.07 bits per heavy atom. The van der Waals surface area contributed by atoms with Crippen molar-refractivity contribution in [1.82, 2.24) is 0 Å². The molecule has 9 nitrogen and oxygen atoms in total. The SMILES string of the molecule is CC/C=C\C/C=C\C/C=C\C/C=C\C/C=C\C/C=C\C/C=C\C/C=C\C/C=C\C/C=C\CCCCCCCCCCC(=O)OC(COC(=O)CCCCCCC/C=C\CCCCCCCCC)COC(OCC[N+](C)(C)C)C(=O)[O-]. The van der Waals surface area contributed by atoms with Crippen LogP contribution >= 0.6 is 0 Å². The van der Waals surface area contributed by atoms with Gasteiger partial charge < -0.3 is 33.3 Å². The molecule has 0 bridgehead atoms. The summed E-state index contributed by atoms with van der Waals surface area (Å²) in [6.45, 7) is 4.60. The van der Waals surface area contributed by atoms with Gasteiger partial charge in [0, 0.05) is 12.8 Å². The third kappa shape index (κ3) is 61.1. The van der Waals surface area contributed by atoms with Gasteiger partial charge in [0.25, 0.3) is 0 Å². The highest BCUT2D eigenvalue weighted by atomic mass is 16.7. The summed E-state index contributed by atoms with van der Waals surface area (Å²) >= 11 is 0. The molecule has 0 saturated carbocycles. The molecule has 0 radical (unpaired) electrons. The highest BCUT2D eigenvalue weighted by Crippen LogP contribution is 2.14. The summed E-state index contributed by atoms with van der Waals surface area (Å²) in [6, 6.07) is 0. The van der Waals surface area contributed by atoms with Crippen LogP contribution in [-0.2, 0) is 33.3 Å². The van der Waals surface area contributed by atoms with Gasteiger partial charge in [0.2, 0.25) is 0 Å². The molecule has 0 aromatic carbocycles. The van der Waals surface area contributed by atoms with Gasteiger partial charge in [0.05, 0.1) is 40.3 Å². The molecule has 0 rings (SSSR count). The molecule has 0 saturated heterocycles. The van der Waals surface area contributed by atoms with Crippen molar-refractivity contribution in [1.29, 1.82) is 0 Å². The number of carboxylic acids is 1. The zero-order chi connectivity index (χ0) is 58.3. The summed E-state index contributed by atoms with van der Waals surface area (Å²) in [5, 5.41) is 11.8. The molecule has 0 N–H and O–H groups in total. The number of hydrogen-bond donors (Lipinski definition) is 0. The Morgan fingerprint density at radius 2 is 0.713 bits per heavy atom. The smallest absolute Gasteiger partial charge is 0.306 e. The van der Waals surface area contributed by atoms with Gasteiger partial charge in [-0.2, -0.15) is 0 Å². The highest BCUT2D eigenvalue weighted by molar-refractivity contribution is 5.70. The topological polar surface area (TPSA) is 111 Å². The first-order valence-corrected chi connectivity index (χ1v) is 31.8. The van der Waals surface area contributed by atoms with Gasteiger partial charge in [-0.1, -0.05) is 244 Å². The zero-order valence-corrected chi connectivity index (χ0v) is 51.6. The number of aliphatic carboxylic acids is 1. The molecular formula is C71H117NO8. The number of likely N-dealkylation sites (N-methyl/N-ethyl adjacent to an activating group) is 1. The van der Waals surface area contributed by atoms with E-state index in [4.69, 9.17) is 18.9 Å². The largest absolute Gasteiger partial charge is 0.545 e. The fraction of sp³-hybridized carbons (Fsp3) is 0.648. The minimum Gasteiger partial charge on any atom is -0.545 e. The Bertz CT molecular complexity index is 1770. The van der Waals surface area contributed by atoms with E-state index < -0.39 is 24.3 Å². The van der Waals surface area contributed by atoms with E-state index in [0.29, 0.717) is 17.4 Å². The molecule has 454 valence electrons. The molecule has 0 aromatic rings. The lowest BCUT2D eigenvalue weighted by Crippen LogP contribution is -2.44. The van der Waals surface area contributed by atoms with Gasteiger partial charge in [0.1, 0.15) is 13.2 Å². The van der Waals surface area contributed by atoms with E-state index in [1.165, 1.54) is 77.0 Å². The van der Waals surface area contributed by atoms with Crippen molar-refractivity contribution in [2.75, 3.05) is 47.5 Å². The summed E-state index contributed by atoms with van der Waals surface area (Å²) in [5.41, 5.74) is 0. The van der Waals surface area contributed by atoms with Crippen LogP contribution in [0.3, 0.4) is 0 Å². The maximum atomic E-state index is 12.9. The van der Waals surface area contributed by atoms with Crippen LogP contribution in [0.4, 0.5) is 0 Å². The van der Waals surface area contributed by atoms with E-state index in [-0.39, 0.29) is 38.6 Å². The maximum absolute atomic E-state index is 12.9. The van der Waals surface area contributed by atoms with Crippen molar-refractivity contribution in [2.24, 2.45) is 0 Å². The Hall–Kier alpha value is -4.57. The van der Waals surface area contributed by atoms with Crippen molar-refractivity contribution >= 4 is 17.9 Å². The number of rotatable bonds is 57. The molecule has 2 atom stereocenters. The van der Waals surface area contributed by atoms with Crippen LogP contribution in [0.1, 0.15) is 239 Å². The van der Waals surface area contributed by atoms with Crippen molar-refractivity contribution < 1.29 is 42.9 Å². The first kappa shape index (κ1) is 75.4. The zero-order valence-electron chi connectivity index (χ0n) is 51.6. The van der Waals surface area contributed by atoms with Crippen molar-refractivity contribution in [3.8, 4) is 0 Å². The fourth-order valence-electron chi connectivity index (χ4n) is 8.26. The van der Waals surface area contributed by atoms with E-state index in [1.54, 1.807) is 0 Å². The van der Waals surface area contributed by atoms with Crippen molar-refractivity contribution in [3.63, 3.8) is 0 Å². The number of carboxylic acid groups (broad SMARTS) is 1. The molecule has 0 aliphatic heterocycles. The number of quaternary nitrogens is 1. The number of carbonyl (C=O) groups excluding carboxylic acids is 3. The number of esters is 2. The second-order valence-electron chi connectivity index (χ2n) is 22.0. The molecule has 0 aromatic heterocycles. The van der Waals surface area contributed by atoms with Crippen molar-refractivity contribution in [3.05, 3.63) is 134 Å². The Labute approximate surface area is 490 Å². The van der Waals surface area contributed by atoms with Gasteiger partial charge >= 0.3 is 11.9 Å². The molecule has 80 heavy (non-hydrogen) atoms. The summed E-state index contributed by atoms with van der Waals surface area (Å²) < 4.78 is 22.7. The lowest BCUT2D eigenvalue weighted by atomic mass is 10.1. The summed E-state index contributed by atoms with van der Waals surface area (Å²) in [7, 11) is 5.91. The maximum Gasteiger partial charge on any atom is 0.306 e. The lowest BCUT2D eigenvalue weighted by Gasteiger charge is -2.26. The molecule has 2 unspecified atom stereocenters. The van der Waals surface area contributed by atoms with E-state index in [9.17, 15) is 19.5 Å². The molecule has 0 aliphatic rings. The highest BCUT2D eigenvalue weighted by Gasteiger charge is 2.22. The Balaban J connectivity index is 4.20. The quantitative estimate of drug-likeness (QED) is 0.0195. The van der Waals surface area contributed by atoms with Gasteiger partial charge in [-0.15, -0.1) is 0 Å². The average Bonchev–Trinajstić information content (AvgIpc) is 3.43. The average molecular weight is 1110 g/mol. The summed E-state index contributed by atoms with van der Waals surface area (Å²) in [5.74, 6) is -2.31. The molecule has 0 amide bonds. The van der Waals surface area contributed by atoms with Crippen LogP contribution in [0.5, 0.6) is 0 Å². The number of nitrogens with zero attached hydrogens (tertiary/aromatic N) is 1. The second kappa shape index (κ2) is 60.5. The van der Waals surface area contributed by atoms with E-state index >= 15 is 0 Å². The molecule has 0 fully saturated rings. The third-order valence-electron chi connectivity index (χ3n) is 13.1. The van der Waals surface area contributed by atoms with Crippen LogP contribution < -0.4 is 5.11 Å². The number of allylic oxidation sites excluding steroid dienone is 22. The normalized spacial score (nSPS) is 13.7.